The molecule has 0 bridgehead atoms. The molecule has 2 atom stereocenters. The van der Waals surface area contributed by atoms with E-state index in [1.807, 2.05) is 0 Å². The van der Waals surface area contributed by atoms with Crippen molar-refractivity contribution in [1.29, 1.82) is 0 Å². The van der Waals surface area contributed by atoms with Crippen LogP contribution in [0.4, 0.5) is 0 Å². The lowest BCUT2D eigenvalue weighted by Crippen LogP contribution is -2.38. The number of nitrogens with one attached hydrogen (secondary N) is 1. The van der Waals surface area contributed by atoms with Gasteiger partial charge in [-0.15, -0.1) is 0 Å². The summed E-state index contributed by atoms with van der Waals surface area (Å²) in [6, 6.07) is 0.416. The van der Waals surface area contributed by atoms with Crippen molar-refractivity contribution in [2.24, 2.45) is 16.6 Å². The quantitative estimate of drug-likeness (QED) is 0.544. The predicted octanol–water partition coefficient (Wildman–Crippen LogP) is 1.03. The molecule has 4 nitrogen and oxygen atoms in total. The molecule has 1 fully saturated rings. The van der Waals surface area contributed by atoms with Crippen LogP contribution in [-0.4, -0.2) is 43.1 Å². The van der Waals surface area contributed by atoms with Gasteiger partial charge in [0.05, 0.1) is 0 Å². The zero-order valence-electron chi connectivity index (χ0n) is 10.9. The average Bonchev–Trinajstić information content (AvgIpc) is 2.74. The van der Waals surface area contributed by atoms with E-state index in [4.69, 9.17) is 5.73 Å². The topological polar surface area (TPSA) is 53.6 Å². The molecule has 0 aliphatic carbocycles. The van der Waals surface area contributed by atoms with Gasteiger partial charge in [-0.25, -0.2) is 0 Å². The van der Waals surface area contributed by atoms with Crippen molar-refractivity contribution in [3.05, 3.63) is 0 Å². The van der Waals surface area contributed by atoms with Crippen LogP contribution in [0.3, 0.4) is 0 Å². The molecule has 16 heavy (non-hydrogen) atoms. The number of rotatable bonds is 5. The zero-order valence-corrected chi connectivity index (χ0v) is 10.9. The third-order valence-electron chi connectivity index (χ3n) is 3.34. The number of hydrogen-bond acceptors (Lipinski definition) is 2. The fourth-order valence-corrected chi connectivity index (χ4v) is 1.98. The van der Waals surface area contributed by atoms with Gasteiger partial charge in [0.2, 0.25) is 0 Å². The fraction of sp³-hybridized carbons (Fsp3) is 0.917. The first kappa shape index (κ1) is 13.3. The first-order valence-electron chi connectivity index (χ1n) is 6.44. The second kappa shape index (κ2) is 6.74. The third kappa shape index (κ3) is 4.39. The van der Waals surface area contributed by atoms with Gasteiger partial charge in [0.1, 0.15) is 0 Å². The third-order valence-corrected chi connectivity index (χ3v) is 3.34. The lowest BCUT2D eigenvalue weighted by molar-refractivity contribution is 0.343. The number of nitrogens with two attached hydrogens (primary N) is 1. The fourth-order valence-electron chi connectivity index (χ4n) is 1.98. The maximum atomic E-state index is 5.82. The van der Waals surface area contributed by atoms with Gasteiger partial charge in [-0.05, 0) is 38.8 Å². The van der Waals surface area contributed by atoms with Crippen molar-refractivity contribution in [2.75, 3.05) is 26.2 Å². The zero-order chi connectivity index (χ0) is 12.0. The summed E-state index contributed by atoms with van der Waals surface area (Å²) in [5, 5.41) is 3.19. The number of likely N-dealkylation sites (tertiary alicyclic amines) is 1. The van der Waals surface area contributed by atoms with Gasteiger partial charge in [-0.3, -0.25) is 4.99 Å². The van der Waals surface area contributed by atoms with Crippen LogP contribution in [0.1, 0.15) is 33.6 Å². The van der Waals surface area contributed by atoms with E-state index < -0.39 is 0 Å². The number of hydrogen-bond donors (Lipinski definition) is 2. The summed E-state index contributed by atoms with van der Waals surface area (Å²) in [5.74, 6) is 1.29. The Hall–Kier alpha value is -0.770. The molecule has 0 aromatic heterocycles. The maximum absolute atomic E-state index is 5.82. The van der Waals surface area contributed by atoms with Gasteiger partial charge < -0.3 is 16.0 Å². The molecule has 1 aliphatic heterocycles. The summed E-state index contributed by atoms with van der Waals surface area (Å²) >= 11 is 0. The van der Waals surface area contributed by atoms with Crippen LogP contribution >= 0.6 is 0 Å². The van der Waals surface area contributed by atoms with Crippen LogP contribution in [0.5, 0.6) is 0 Å². The summed E-state index contributed by atoms with van der Waals surface area (Å²) in [6.45, 7) is 10.9. The molecule has 0 radical (unpaired) electrons. The molecule has 0 amide bonds. The minimum absolute atomic E-state index is 0.416. The Balaban J connectivity index is 2.25. The van der Waals surface area contributed by atoms with Crippen LogP contribution < -0.4 is 11.1 Å². The Bertz CT molecular complexity index is 227. The molecule has 0 aromatic carbocycles. The van der Waals surface area contributed by atoms with Crippen molar-refractivity contribution >= 4 is 5.96 Å². The highest BCUT2D eigenvalue weighted by molar-refractivity contribution is 5.78. The van der Waals surface area contributed by atoms with E-state index in [2.05, 4.69) is 36.0 Å². The van der Waals surface area contributed by atoms with Crippen molar-refractivity contribution in [1.82, 2.24) is 10.2 Å². The van der Waals surface area contributed by atoms with Gasteiger partial charge in [0.25, 0.3) is 0 Å². The highest BCUT2D eigenvalue weighted by atomic mass is 15.2. The standard InChI is InChI=1S/C12H26N4/c1-4-10(3)15-12(13)14-8-11-6-7-16(5-2)9-11/h10-11H,4-9H2,1-3H3,(H3,13,14,15)/t10-,11+/m1/s1. The minimum atomic E-state index is 0.416. The van der Waals surface area contributed by atoms with E-state index >= 15 is 0 Å². The van der Waals surface area contributed by atoms with Crippen molar-refractivity contribution in [2.45, 2.75) is 39.7 Å². The van der Waals surface area contributed by atoms with Crippen LogP contribution in [0.25, 0.3) is 0 Å². The summed E-state index contributed by atoms with van der Waals surface area (Å²) in [4.78, 5) is 6.89. The maximum Gasteiger partial charge on any atom is 0.188 e. The van der Waals surface area contributed by atoms with E-state index in [9.17, 15) is 0 Å². The highest BCUT2D eigenvalue weighted by Gasteiger charge is 2.20. The molecule has 0 spiro atoms. The summed E-state index contributed by atoms with van der Waals surface area (Å²) in [5.41, 5.74) is 5.82. The van der Waals surface area contributed by atoms with Crippen LogP contribution in [-0.2, 0) is 0 Å². The Morgan fingerprint density at radius 2 is 2.31 bits per heavy atom. The lowest BCUT2D eigenvalue weighted by Gasteiger charge is -2.13. The van der Waals surface area contributed by atoms with E-state index in [1.165, 1.54) is 19.5 Å². The molecule has 94 valence electrons. The van der Waals surface area contributed by atoms with Gasteiger partial charge in [-0.1, -0.05) is 13.8 Å². The Morgan fingerprint density at radius 3 is 2.88 bits per heavy atom. The molecule has 3 N–H and O–H groups in total. The summed E-state index contributed by atoms with van der Waals surface area (Å²) < 4.78 is 0. The first-order valence-corrected chi connectivity index (χ1v) is 6.44. The second-order valence-electron chi connectivity index (χ2n) is 4.73. The predicted molar refractivity (Wildman–Crippen MR) is 69.6 cm³/mol. The molecule has 1 heterocycles. The second-order valence-corrected chi connectivity index (χ2v) is 4.73. The first-order chi connectivity index (χ1) is 7.65. The normalized spacial score (nSPS) is 24.7. The van der Waals surface area contributed by atoms with Crippen LogP contribution in [0.2, 0.25) is 0 Å². The van der Waals surface area contributed by atoms with Gasteiger partial charge in [0.15, 0.2) is 5.96 Å². The average molecular weight is 226 g/mol. The smallest absolute Gasteiger partial charge is 0.188 e. The molecule has 0 aromatic rings. The molecule has 1 saturated heterocycles. The van der Waals surface area contributed by atoms with E-state index in [0.717, 1.165) is 19.5 Å². The molecule has 0 saturated carbocycles. The SMILES string of the molecule is CC[C@@H](C)NC(N)=NC[C@@H]1CCN(CC)C1. The van der Waals surface area contributed by atoms with Gasteiger partial charge in [0, 0.05) is 19.1 Å². The van der Waals surface area contributed by atoms with Crippen LogP contribution in [0, 0.1) is 5.92 Å². The number of nitrogens with zero attached hydrogens (tertiary/aromatic N) is 2. The molecule has 4 heteroatoms. The Labute approximate surface area is 99.3 Å². The Kier molecular flexibility index (Phi) is 5.60. The van der Waals surface area contributed by atoms with Crippen molar-refractivity contribution in [3.8, 4) is 0 Å². The largest absolute Gasteiger partial charge is 0.370 e. The monoisotopic (exact) mass is 226 g/mol. The number of guanidine groups is 1. The Morgan fingerprint density at radius 1 is 1.56 bits per heavy atom. The highest BCUT2D eigenvalue weighted by Crippen LogP contribution is 2.15. The molecular weight excluding hydrogens is 200 g/mol. The summed E-state index contributed by atoms with van der Waals surface area (Å²) in [6.07, 6.45) is 2.33. The molecule has 0 unspecified atom stereocenters. The molecule has 1 rings (SSSR count). The van der Waals surface area contributed by atoms with E-state index in [-0.39, 0.29) is 0 Å². The van der Waals surface area contributed by atoms with Gasteiger partial charge >= 0.3 is 0 Å². The minimum Gasteiger partial charge on any atom is -0.370 e. The van der Waals surface area contributed by atoms with Crippen molar-refractivity contribution in [3.63, 3.8) is 0 Å². The van der Waals surface area contributed by atoms with E-state index in [0.29, 0.717) is 17.9 Å². The summed E-state index contributed by atoms with van der Waals surface area (Å²) in [7, 11) is 0. The number of aliphatic imine (C=N–C) groups is 1. The van der Waals surface area contributed by atoms with Gasteiger partial charge in [-0.2, -0.15) is 0 Å². The lowest BCUT2D eigenvalue weighted by atomic mass is 10.1. The molecule has 1 aliphatic rings. The molecular formula is C12H26N4. The van der Waals surface area contributed by atoms with Crippen LogP contribution in [0.15, 0.2) is 4.99 Å². The van der Waals surface area contributed by atoms with Crippen molar-refractivity contribution < 1.29 is 0 Å². The van der Waals surface area contributed by atoms with E-state index in [1.54, 1.807) is 0 Å².